The molecule has 0 fully saturated rings. The molecule has 11 aromatic rings. The van der Waals surface area contributed by atoms with Crippen molar-refractivity contribution < 1.29 is 4.42 Å². The molecule has 2 aromatic heterocycles. The second-order valence-electron chi connectivity index (χ2n) is 22.1. The molecule has 0 amide bonds. The zero-order valence-electron chi connectivity index (χ0n) is 41.2. The van der Waals surface area contributed by atoms with E-state index in [4.69, 9.17) is 4.42 Å². The lowest BCUT2D eigenvalue weighted by atomic mass is 9.58. The number of fused-ring (bicyclic) bond motifs is 12. The monoisotopic (exact) mass is 904 g/mol. The van der Waals surface area contributed by atoms with E-state index in [1.165, 1.54) is 55.2 Å². The van der Waals surface area contributed by atoms with Crippen molar-refractivity contribution in [2.75, 3.05) is 10.2 Å². The van der Waals surface area contributed by atoms with Crippen molar-refractivity contribution in [3.63, 3.8) is 0 Å². The van der Waals surface area contributed by atoms with Gasteiger partial charge in [0.15, 0.2) is 7.28 Å². The van der Waals surface area contributed by atoms with E-state index in [9.17, 15) is 0 Å². The Morgan fingerprint density at radius 2 is 1.20 bits per heavy atom. The van der Waals surface area contributed by atoms with Crippen LogP contribution in [0.1, 0.15) is 77.6 Å². The van der Waals surface area contributed by atoms with Crippen LogP contribution in [-0.2, 0) is 16.2 Å². The van der Waals surface area contributed by atoms with Gasteiger partial charge < -0.3 is 19.2 Å². The number of aromatic nitrogens is 1. The molecule has 13 rings (SSSR count). The molecule has 1 aliphatic carbocycles. The normalized spacial score (nSPS) is 13.7. The van der Waals surface area contributed by atoms with Gasteiger partial charge in [0.1, 0.15) is 11.2 Å². The molecule has 1 aliphatic heterocycles. The van der Waals surface area contributed by atoms with E-state index < -0.39 is 0 Å². The van der Waals surface area contributed by atoms with Crippen molar-refractivity contribution in [2.24, 2.45) is 0 Å². The summed E-state index contributed by atoms with van der Waals surface area (Å²) in [6, 6.07) is 67.1. The highest BCUT2D eigenvalue weighted by atomic mass is 16.3. The first-order chi connectivity index (χ1) is 33.7. The summed E-state index contributed by atoms with van der Waals surface area (Å²) < 4.78 is 9.90. The fourth-order valence-electron chi connectivity index (χ4n) is 11.6. The summed E-state index contributed by atoms with van der Waals surface area (Å²) in [6.45, 7) is 18.5. The van der Waals surface area contributed by atoms with Crippen molar-refractivity contribution in [2.45, 2.75) is 71.6 Å². The lowest BCUT2D eigenvalue weighted by molar-refractivity contribution is 0.590. The van der Waals surface area contributed by atoms with Gasteiger partial charge in [-0.1, -0.05) is 164 Å². The van der Waals surface area contributed by atoms with Crippen LogP contribution in [0.15, 0.2) is 186 Å². The molecule has 0 bridgehead atoms. The van der Waals surface area contributed by atoms with Crippen LogP contribution < -0.4 is 21.1 Å². The molecule has 3 heterocycles. The highest BCUT2D eigenvalue weighted by Gasteiger charge is 2.38. The number of hydrogen-bond donors (Lipinski definition) is 1. The number of para-hydroxylation sites is 3. The molecular formula is C65H55BN3O. The smallest absolute Gasteiger partial charge is 0.198 e. The average molecular weight is 905 g/mol. The Labute approximate surface area is 411 Å². The SMILES string of the molecule is CC(C)(C)c1ccc(Nc2cc3c(cc2-c2c4c5c(c6cc(C(C)(C)C)ccc6n5-c5cc(N(c6ccccc6)c6ccccc6)ccc5[B]4)c4c2oc2ccccc24)C(C)(C)c2ccccc2-3)cc1. The molecule has 4 nitrogen and oxygen atoms in total. The molecule has 2 aliphatic rings. The number of hydrogen-bond acceptors (Lipinski definition) is 3. The van der Waals surface area contributed by atoms with E-state index in [0.29, 0.717) is 0 Å². The summed E-state index contributed by atoms with van der Waals surface area (Å²) in [5, 5.41) is 8.73. The molecule has 5 heteroatoms. The van der Waals surface area contributed by atoms with E-state index in [-0.39, 0.29) is 16.2 Å². The standard InChI is InChI=1S/C65H55BN3O/c1-63(2,3)39-27-30-41(31-28-39)67-53-38-47-45-23-15-17-25-50(45)65(7,8)51(47)37-48(53)59-60-61-57(58-46-24-16-18-26-56(46)70-62(58)59)49-35-40(64(4,5)6)29-34-54(49)69(61)55-36-44(32-33-52(55)66-60)68(42-19-11-9-12-20-42)43-21-13-10-14-22-43/h9-38,67H,1-8H3. The average Bonchev–Trinajstić information content (AvgIpc) is 3.98. The third-order valence-corrected chi connectivity index (χ3v) is 15.3. The summed E-state index contributed by atoms with van der Waals surface area (Å²) >= 11 is 0. The fraction of sp³-hybridized carbons (Fsp3) is 0.169. The summed E-state index contributed by atoms with van der Waals surface area (Å²) in [5.74, 6) is 0. The summed E-state index contributed by atoms with van der Waals surface area (Å²) in [5.41, 5.74) is 22.7. The molecular weight excluding hydrogens is 850 g/mol. The molecule has 0 spiro atoms. The molecule has 0 atom stereocenters. The number of rotatable bonds is 6. The molecule has 1 radical (unpaired) electrons. The maximum absolute atomic E-state index is 7.33. The first-order valence-electron chi connectivity index (χ1n) is 24.8. The third-order valence-electron chi connectivity index (χ3n) is 15.3. The zero-order valence-corrected chi connectivity index (χ0v) is 41.2. The van der Waals surface area contributed by atoms with Crippen LogP contribution >= 0.6 is 0 Å². The highest BCUT2D eigenvalue weighted by Crippen LogP contribution is 2.54. The topological polar surface area (TPSA) is 33.3 Å². The van der Waals surface area contributed by atoms with Crippen molar-refractivity contribution in [1.82, 2.24) is 4.57 Å². The Balaban J connectivity index is 1.16. The van der Waals surface area contributed by atoms with Crippen LogP contribution in [0.3, 0.4) is 0 Å². The van der Waals surface area contributed by atoms with Gasteiger partial charge in [-0.15, -0.1) is 0 Å². The number of anilines is 5. The van der Waals surface area contributed by atoms with Gasteiger partial charge in [0.25, 0.3) is 0 Å². The Kier molecular flexibility index (Phi) is 9.15. The number of nitrogens with one attached hydrogen (secondary N) is 1. The second-order valence-corrected chi connectivity index (χ2v) is 22.1. The quantitative estimate of drug-likeness (QED) is 0.169. The van der Waals surface area contributed by atoms with Crippen molar-refractivity contribution >= 4 is 90.4 Å². The molecule has 0 unspecified atom stereocenters. The van der Waals surface area contributed by atoms with Crippen molar-refractivity contribution in [3.05, 3.63) is 204 Å². The van der Waals surface area contributed by atoms with Gasteiger partial charge in [-0.05, 0) is 129 Å². The lowest BCUT2D eigenvalue weighted by Crippen LogP contribution is -2.37. The summed E-state index contributed by atoms with van der Waals surface area (Å²) in [6.07, 6.45) is 0. The lowest BCUT2D eigenvalue weighted by Gasteiger charge is -2.29. The van der Waals surface area contributed by atoms with E-state index in [1.807, 2.05) is 0 Å². The van der Waals surface area contributed by atoms with Gasteiger partial charge in [-0.3, -0.25) is 0 Å². The van der Waals surface area contributed by atoms with Crippen molar-refractivity contribution in [3.8, 4) is 27.9 Å². The first-order valence-corrected chi connectivity index (χ1v) is 24.8. The largest absolute Gasteiger partial charge is 0.455 e. The molecule has 0 saturated carbocycles. The van der Waals surface area contributed by atoms with Gasteiger partial charge in [0.2, 0.25) is 0 Å². The summed E-state index contributed by atoms with van der Waals surface area (Å²) in [7, 11) is 2.44. The second kappa shape index (κ2) is 15.1. The summed E-state index contributed by atoms with van der Waals surface area (Å²) in [4.78, 5) is 2.37. The molecule has 9 aromatic carbocycles. The van der Waals surface area contributed by atoms with Crippen LogP contribution in [-0.4, -0.2) is 11.8 Å². The maximum atomic E-state index is 7.33. The maximum Gasteiger partial charge on any atom is 0.198 e. The molecule has 339 valence electrons. The third kappa shape index (κ3) is 6.37. The van der Waals surface area contributed by atoms with E-state index >= 15 is 0 Å². The van der Waals surface area contributed by atoms with Crippen LogP contribution in [0, 0.1) is 0 Å². The minimum Gasteiger partial charge on any atom is -0.455 e. The highest BCUT2D eigenvalue weighted by molar-refractivity contribution is 6.74. The van der Waals surface area contributed by atoms with Crippen LogP contribution in [0.4, 0.5) is 28.4 Å². The van der Waals surface area contributed by atoms with Crippen molar-refractivity contribution in [1.29, 1.82) is 0 Å². The van der Waals surface area contributed by atoms with E-state index in [0.717, 1.165) is 78.1 Å². The molecule has 0 saturated heterocycles. The fourth-order valence-corrected chi connectivity index (χ4v) is 11.6. The van der Waals surface area contributed by atoms with Crippen LogP contribution in [0.5, 0.6) is 0 Å². The zero-order chi connectivity index (χ0) is 47.8. The van der Waals surface area contributed by atoms with E-state index in [1.54, 1.807) is 0 Å². The Morgan fingerprint density at radius 1 is 0.543 bits per heavy atom. The van der Waals surface area contributed by atoms with Gasteiger partial charge >= 0.3 is 0 Å². The predicted molar refractivity (Wildman–Crippen MR) is 298 cm³/mol. The van der Waals surface area contributed by atoms with Gasteiger partial charge in [0.05, 0.1) is 5.52 Å². The predicted octanol–water partition coefficient (Wildman–Crippen LogP) is 16.4. The number of nitrogens with zero attached hydrogens (tertiary/aromatic N) is 2. The van der Waals surface area contributed by atoms with Crippen LogP contribution in [0.2, 0.25) is 0 Å². The minimum absolute atomic E-state index is 0.0396. The first kappa shape index (κ1) is 42.4. The Morgan fingerprint density at radius 3 is 1.91 bits per heavy atom. The number of benzene rings is 9. The Bertz CT molecular complexity index is 3880. The van der Waals surface area contributed by atoms with Gasteiger partial charge in [0, 0.05) is 77.7 Å². The molecule has 1 N–H and O–H groups in total. The number of furan rings is 1. The molecule has 70 heavy (non-hydrogen) atoms. The Hall–Kier alpha value is -7.76. The van der Waals surface area contributed by atoms with Crippen LogP contribution in [0.25, 0.3) is 71.7 Å². The van der Waals surface area contributed by atoms with Gasteiger partial charge in [-0.25, -0.2) is 0 Å². The minimum atomic E-state index is -0.226. The van der Waals surface area contributed by atoms with E-state index in [2.05, 4.69) is 259 Å². The van der Waals surface area contributed by atoms with Gasteiger partial charge in [-0.2, -0.15) is 0 Å².